The maximum absolute atomic E-state index is 3.15. The Labute approximate surface area is 57.6 Å². The fourth-order valence-corrected chi connectivity index (χ4v) is 1.72. The van der Waals surface area contributed by atoms with Gasteiger partial charge < -0.3 is 5.32 Å². The van der Waals surface area contributed by atoms with E-state index in [1.807, 2.05) is 17.9 Å². The van der Waals surface area contributed by atoms with E-state index in [9.17, 15) is 0 Å². The van der Waals surface area contributed by atoms with Crippen molar-refractivity contribution >= 4 is 23.7 Å². The van der Waals surface area contributed by atoms with Gasteiger partial charge in [0.15, 0.2) is 0 Å². The van der Waals surface area contributed by atoms with E-state index in [1.165, 1.54) is 0 Å². The summed E-state index contributed by atoms with van der Waals surface area (Å²) in [5, 5.41) is 5.14. The molecule has 0 bridgehead atoms. The predicted molar refractivity (Wildman–Crippen MR) is 40.3 cm³/mol. The average Bonchev–Trinajstić information content (AvgIpc) is 2.19. The van der Waals surface area contributed by atoms with Crippen LogP contribution in [0.3, 0.4) is 0 Å². The smallest absolute Gasteiger partial charge is 0.138 e. The molecule has 1 aliphatic rings. The standard InChI is InChI=1S/C4H8N2S2/c1-7-6-4-5-2-3-8-4/h2-6H,1H3. The molecule has 1 heterocycles. The third-order valence-corrected chi connectivity index (χ3v) is 2.20. The molecule has 0 radical (unpaired) electrons. The van der Waals surface area contributed by atoms with E-state index < -0.39 is 0 Å². The Kier molecular flexibility index (Phi) is 2.58. The summed E-state index contributed by atoms with van der Waals surface area (Å²) in [5.74, 6) is 0. The first-order valence-electron chi connectivity index (χ1n) is 2.28. The van der Waals surface area contributed by atoms with Gasteiger partial charge in [0, 0.05) is 6.20 Å². The van der Waals surface area contributed by atoms with E-state index in [0.717, 1.165) is 0 Å². The highest BCUT2D eigenvalue weighted by molar-refractivity contribution is 8.04. The topological polar surface area (TPSA) is 24.1 Å². The van der Waals surface area contributed by atoms with Crippen LogP contribution in [0.2, 0.25) is 0 Å². The molecule has 0 aromatic heterocycles. The van der Waals surface area contributed by atoms with Gasteiger partial charge in [0.1, 0.15) is 5.50 Å². The summed E-state index contributed by atoms with van der Waals surface area (Å²) in [6, 6.07) is 0. The molecule has 2 N–H and O–H groups in total. The van der Waals surface area contributed by atoms with E-state index in [2.05, 4.69) is 10.0 Å². The lowest BCUT2D eigenvalue weighted by atomic mass is 10.9. The van der Waals surface area contributed by atoms with Crippen LogP contribution in [-0.4, -0.2) is 11.8 Å². The minimum absolute atomic E-state index is 0.380. The Morgan fingerprint density at radius 1 is 1.88 bits per heavy atom. The summed E-state index contributed by atoms with van der Waals surface area (Å²) in [7, 11) is 0. The summed E-state index contributed by atoms with van der Waals surface area (Å²) in [6.45, 7) is 0. The number of hydrogen-bond donors (Lipinski definition) is 2. The first kappa shape index (κ1) is 6.32. The highest BCUT2D eigenvalue weighted by Gasteiger charge is 2.05. The molecule has 0 aromatic rings. The van der Waals surface area contributed by atoms with Crippen LogP contribution in [-0.2, 0) is 0 Å². The van der Waals surface area contributed by atoms with Gasteiger partial charge in [-0.2, -0.15) is 0 Å². The monoisotopic (exact) mass is 148 g/mol. The fourth-order valence-electron chi connectivity index (χ4n) is 0.453. The molecule has 0 aromatic carbocycles. The van der Waals surface area contributed by atoms with Crippen molar-refractivity contribution in [1.82, 2.24) is 10.0 Å². The molecular formula is C4H8N2S2. The molecule has 0 saturated carbocycles. The van der Waals surface area contributed by atoms with Crippen molar-refractivity contribution in [2.75, 3.05) is 6.26 Å². The molecule has 0 fully saturated rings. The molecule has 1 aliphatic heterocycles. The van der Waals surface area contributed by atoms with Crippen LogP contribution in [0.15, 0.2) is 11.6 Å². The maximum Gasteiger partial charge on any atom is 0.138 e. The molecule has 4 heteroatoms. The van der Waals surface area contributed by atoms with Crippen molar-refractivity contribution in [2.24, 2.45) is 0 Å². The molecule has 1 rings (SSSR count). The van der Waals surface area contributed by atoms with E-state index >= 15 is 0 Å². The minimum atomic E-state index is 0.380. The van der Waals surface area contributed by atoms with Gasteiger partial charge in [0.2, 0.25) is 0 Å². The van der Waals surface area contributed by atoms with E-state index in [1.54, 1.807) is 23.7 Å². The quantitative estimate of drug-likeness (QED) is 0.569. The Morgan fingerprint density at radius 2 is 2.75 bits per heavy atom. The molecule has 0 spiro atoms. The molecule has 46 valence electrons. The zero-order valence-corrected chi connectivity index (χ0v) is 6.18. The van der Waals surface area contributed by atoms with Gasteiger partial charge in [-0.25, -0.2) is 4.72 Å². The average molecular weight is 148 g/mol. The number of nitrogens with one attached hydrogen (secondary N) is 2. The van der Waals surface area contributed by atoms with Gasteiger partial charge in [-0.05, 0) is 11.7 Å². The van der Waals surface area contributed by atoms with Crippen LogP contribution in [0.4, 0.5) is 0 Å². The summed E-state index contributed by atoms with van der Waals surface area (Å²) in [4.78, 5) is 0. The summed E-state index contributed by atoms with van der Waals surface area (Å²) in [6.07, 6.45) is 3.96. The van der Waals surface area contributed by atoms with E-state index in [0.29, 0.717) is 5.50 Å². The zero-order chi connectivity index (χ0) is 5.82. The van der Waals surface area contributed by atoms with Crippen molar-refractivity contribution < 1.29 is 0 Å². The van der Waals surface area contributed by atoms with Crippen molar-refractivity contribution in [1.29, 1.82) is 0 Å². The SMILES string of the molecule is CSNC1NC=CS1. The molecule has 1 unspecified atom stereocenters. The lowest BCUT2D eigenvalue weighted by Gasteiger charge is -2.07. The van der Waals surface area contributed by atoms with E-state index in [4.69, 9.17) is 0 Å². The van der Waals surface area contributed by atoms with Gasteiger partial charge in [0.05, 0.1) is 0 Å². The summed E-state index contributed by atoms with van der Waals surface area (Å²) >= 11 is 3.37. The number of thioether (sulfide) groups is 1. The lowest BCUT2D eigenvalue weighted by Crippen LogP contribution is -2.28. The van der Waals surface area contributed by atoms with Crippen molar-refractivity contribution in [3.63, 3.8) is 0 Å². The second kappa shape index (κ2) is 3.27. The normalized spacial score (nSPS) is 25.9. The Bertz CT molecular complexity index is 86.0. The molecule has 1 atom stereocenters. The third-order valence-electron chi connectivity index (χ3n) is 0.755. The maximum atomic E-state index is 3.15. The first-order valence-corrected chi connectivity index (χ1v) is 4.45. The highest BCUT2D eigenvalue weighted by Crippen LogP contribution is 2.13. The molecule has 2 nitrogen and oxygen atoms in total. The van der Waals surface area contributed by atoms with Crippen LogP contribution in [0, 0.1) is 0 Å². The lowest BCUT2D eigenvalue weighted by molar-refractivity contribution is 0.786. The van der Waals surface area contributed by atoms with Gasteiger partial charge >= 0.3 is 0 Å². The molecular weight excluding hydrogens is 140 g/mol. The number of hydrogen-bond acceptors (Lipinski definition) is 4. The Hall–Kier alpha value is 0.200. The van der Waals surface area contributed by atoms with Crippen LogP contribution in [0.5, 0.6) is 0 Å². The van der Waals surface area contributed by atoms with Crippen LogP contribution < -0.4 is 10.0 Å². The Balaban J connectivity index is 2.10. The number of rotatable bonds is 2. The second-order valence-electron chi connectivity index (χ2n) is 1.31. The summed E-state index contributed by atoms with van der Waals surface area (Å²) < 4.78 is 3.15. The third kappa shape index (κ3) is 1.61. The van der Waals surface area contributed by atoms with Crippen molar-refractivity contribution in [3.05, 3.63) is 11.6 Å². The fraction of sp³-hybridized carbons (Fsp3) is 0.500. The predicted octanol–water partition coefficient (Wildman–Crippen LogP) is 0.945. The molecule has 0 saturated heterocycles. The highest BCUT2D eigenvalue weighted by atomic mass is 32.2. The first-order chi connectivity index (χ1) is 3.93. The largest absolute Gasteiger partial charge is 0.366 e. The van der Waals surface area contributed by atoms with Crippen molar-refractivity contribution in [3.8, 4) is 0 Å². The van der Waals surface area contributed by atoms with Gasteiger partial charge in [-0.3, -0.25) is 0 Å². The molecule has 0 aliphatic carbocycles. The van der Waals surface area contributed by atoms with Crippen LogP contribution in [0.25, 0.3) is 0 Å². The van der Waals surface area contributed by atoms with Gasteiger partial charge in [-0.15, -0.1) is 0 Å². The van der Waals surface area contributed by atoms with E-state index in [-0.39, 0.29) is 0 Å². The second-order valence-corrected chi connectivity index (χ2v) is 2.97. The van der Waals surface area contributed by atoms with Crippen molar-refractivity contribution in [2.45, 2.75) is 5.50 Å². The van der Waals surface area contributed by atoms with Crippen LogP contribution >= 0.6 is 23.7 Å². The zero-order valence-electron chi connectivity index (χ0n) is 4.55. The minimum Gasteiger partial charge on any atom is -0.366 e. The van der Waals surface area contributed by atoms with Crippen LogP contribution in [0.1, 0.15) is 0 Å². The van der Waals surface area contributed by atoms with Gasteiger partial charge in [0.25, 0.3) is 0 Å². The Morgan fingerprint density at radius 3 is 3.25 bits per heavy atom. The molecule has 8 heavy (non-hydrogen) atoms. The molecule has 0 amide bonds. The summed E-state index contributed by atoms with van der Waals surface area (Å²) in [5.41, 5.74) is 0.380. The van der Waals surface area contributed by atoms with Gasteiger partial charge in [-0.1, -0.05) is 23.7 Å².